The third kappa shape index (κ3) is 3.26. The molecular formula is C13H14ClN3O2. The Balaban J connectivity index is 1.99. The Labute approximate surface area is 115 Å². The molecule has 6 heteroatoms. The van der Waals surface area contributed by atoms with Gasteiger partial charge in [0.15, 0.2) is 0 Å². The number of carbonyl (C=O) groups is 1. The van der Waals surface area contributed by atoms with E-state index in [0.29, 0.717) is 16.3 Å². The highest BCUT2D eigenvalue weighted by atomic mass is 35.5. The fraction of sp³-hybridized carbons (Fsp3) is 0.231. The number of esters is 1. The van der Waals surface area contributed by atoms with Crippen LogP contribution >= 0.6 is 11.6 Å². The predicted octanol–water partition coefficient (Wildman–Crippen LogP) is 2.50. The molecule has 0 amide bonds. The third-order valence-corrected chi connectivity index (χ3v) is 2.96. The van der Waals surface area contributed by atoms with Crippen molar-refractivity contribution in [1.29, 1.82) is 0 Å². The molecule has 19 heavy (non-hydrogen) atoms. The number of halogens is 1. The van der Waals surface area contributed by atoms with Crippen LogP contribution in [0.15, 0.2) is 30.6 Å². The Kier molecular flexibility index (Phi) is 4.06. The van der Waals surface area contributed by atoms with Crippen molar-refractivity contribution < 1.29 is 9.53 Å². The maximum Gasteiger partial charge on any atom is 0.338 e. The van der Waals surface area contributed by atoms with E-state index in [2.05, 4.69) is 5.10 Å². The number of benzene rings is 1. The van der Waals surface area contributed by atoms with Crippen LogP contribution in [0.5, 0.6) is 0 Å². The molecule has 0 bridgehead atoms. The second-order valence-electron chi connectivity index (χ2n) is 4.02. The van der Waals surface area contributed by atoms with Crippen molar-refractivity contribution in [3.05, 3.63) is 46.7 Å². The lowest BCUT2D eigenvalue weighted by atomic mass is 10.2. The summed E-state index contributed by atoms with van der Waals surface area (Å²) in [7, 11) is 0. The van der Waals surface area contributed by atoms with E-state index in [1.807, 2.05) is 13.1 Å². The number of anilines is 1. The summed E-state index contributed by atoms with van der Waals surface area (Å²) in [6.07, 6.45) is 3.51. The quantitative estimate of drug-likeness (QED) is 0.689. The molecule has 0 aliphatic heterocycles. The van der Waals surface area contributed by atoms with Crippen molar-refractivity contribution >= 4 is 23.3 Å². The molecule has 2 aromatic rings. The molecule has 0 spiro atoms. The lowest BCUT2D eigenvalue weighted by Crippen LogP contribution is -2.05. The van der Waals surface area contributed by atoms with Gasteiger partial charge >= 0.3 is 5.97 Å². The van der Waals surface area contributed by atoms with Gasteiger partial charge < -0.3 is 10.5 Å². The predicted molar refractivity (Wildman–Crippen MR) is 72.9 cm³/mol. The van der Waals surface area contributed by atoms with E-state index < -0.39 is 5.97 Å². The molecular weight excluding hydrogens is 266 g/mol. The van der Waals surface area contributed by atoms with Crippen molar-refractivity contribution in [2.75, 3.05) is 5.73 Å². The van der Waals surface area contributed by atoms with Gasteiger partial charge in [-0.15, -0.1) is 0 Å². The molecule has 0 aliphatic carbocycles. The highest BCUT2D eigenvalue weighted by Gasteiger charge is 2.09. The molecule has 0 radical (unpaired) electrons. The largest absolute Gasteiger partial charge is 0.457 e. The number of nitrogen functional groups attached to an aromatic ring is 1. The number of ether oxygens (including phenoxy) is 1. The standard InChI is InChI=1S/C13H14ClN3O2/c1-2-17-7-9(6-16-17)8-19-13(18)10-3-4-11(14)12(15)5-10/h3-7H,2,8,15H2,1H3. The van der Waals surface area contributed by atoms with Crippen LogP contribution in [0.1, 0.15) is 22.8 Å². The van der Waals surface area contributed by atoms with Gasteiger partial charge in [0.05, 0.1) is 22.5 Å². The average molecular weight is 280 g/mol. The molecule has 1 aromatic heterocycles. The van der Waals surface area contributed by atoms with Gasteiger partial charge in [0.2, 0.25) is 0 Å². The summed E-state index contributed by atoms with van der Waals surface area (Å²) in [5.74, 6) is -0.437. The van der Waals surface area contributed by atoms with E-state index in [-0.39, 0.29) is 6.61 Å². The van der Waals surface area contributed by atoms with Crippen LogP contribution in [0, 0.1) is 0 Å². The summed E-state index contributed by atoms with van der Waals surface area (Å²) in [4.78, 5) is 11.8. The summed E-state index contributed by atoms with van der Waals surface area (Å²) >= 11 is 5.79. The number of aryl methyl sites for hydroxylation is 1. The van der Waals surface area contributed by atoms with Crippen LogP contribution in [-0.2, 0) is 17.9 Å². The monoisotopic (exact) mass is 279 g/mol. The van der Waals surface area contributed by atoms with Gasteiger partial charge in [-0.1, -0.05) is 11.6 Å². The van der Waals surface area contributed by atoms with Crippen molar-refractivity contribution in [2.45, 2.75) is 20.1 Å². The molecule has 2 N–H and O–H groups in total. The highest BCUT2D eigenvalue weighted by molar-refractivity contribution is 6.33. The number of aromatic nitrogens is 2. The third-order valence-electron chi connectivity index (χ3n) is 2.61. The Morgan fingerprint density at radius 2 is 2.32 bits per heavy atom. The van der Waals surface area contributed by atoms with Gasteiger partial charge in [-0.05, 0) is 25.1 Å². The molecule has 0 saturated heterocycles. The maximum absolute atomic E-state index is 11.8. The van der Waals surface area contributed by atoms with Gasteiger partial charge in [0, 0.05) is 18.3 Å². The molecule has 0 saturated carbocycles. The van der Waals surface area contributed by atoms with E-state index in [9.17, 15) is 4.79 Å². The van der Waals surface area contributed by atoms with Crippen LogP contribution in [0.2, 0.25) is 5.02 Å². The number of carbonyl (C=O) groups excluding carboxylic acids is 1. The average Bonchev–Trinajstić information content (AvgIpc) is 2.87. The second kappa shape index (κ2) is 5.75. The molecule has 0 fully saturated rings. The molecule has 1 aromatic carbocycles. The van der Waals surface area contributed by atoms with Crippen LogP contribution in [0.4, 0.5) is 5.69 Å². The molecule has 5 nitrogen and oxygen atoms in total. The zero-order valence-electron chi connectivity index (χ0n) is 10.5. The van der Waals surface area contributed by atoms with E-state index in [1.54, 1.807) is 23.0 Å². The Morgan fingerprint density at radius 1 is 1.53 bits per heavy atom. The molecule has 2 rings (SSSR count). The zero-order valence-corrected chi connectivity index (χ0v) is 11.2. The fourth-order valence-corrected chi connectivity index (χ4v) is 1.67. The van der Waals surface area contributed by atoms with Crippen molar-refractivity contribution in [1.82, 2.24) is 9.78 Å². The smallest absolute Gasteiger partial charge is 0.338 e. The van der Waals surface area contributed by atoms with Gasteiger partial charge in [-0.25, -0.2) is 4.79 Å². The number of nitrogens with zero attached hydrogens (tertiary/aromatic N) is 2. The molecule has 1 heterocycles. The molecule has 0 unspecified atom stereocenters. The lowest BCUT2D eigenvalue weighted by Gasteiger charge is -2.04. The van der Waals surface area contributed by atoms with Crippen LogP contribution < -0.4 is 5.73 Å². The van der Waals surface area contributed by atoms with E-state index in [1.165, 1.54) is 6.07 Å². The Hall–Kier alpha value is -2.01. The summed E-state index contributed by atoms with van der Waals surface area (Å²) in [6.45, 7) is 2.95. The summed E-state index contributed by atoms with van der Waals surface area (Å²) < 4.78 is 6.94. The summed E-state index contributed by atoms with van der Waals surface area (Å²) in [5, 5.41) is 4.52. The topological polar surface area (TPSA) is 70.1 Å². The van der Waals surface area contributed by atoms with Gasteiger partial charge in [-0.2, -0.15) is 5.10 Å². The van der Waals surface area contributed by atoms with Crippen LogP contribution in [-0.4, -0.2) is 15.7 Å². The maximum atomic E-state index is 11.8. The van der Waals surface area contributed by atoms with Crippen LogP contribution in [0.25, 0.3) is 0 Å². The van der Waals surface area contributed by atoms with Crippen LogP contribution in [0.3, 0.4) is 0 Å². The highest BCUT2D eigenvalue weighted by Crippen LogP contribution is 2.20. The minimum atomic E-state index is -0.437. The van der Waals surface area contributed by atoms with Crippen molar-refractivity contribution in [3.8, 4) is 0 Å². The lowest BCUT2D eigenvalue weighted by molar-refractivity contribution is 0.0472. The first-order chi connectivity index (χ1) is 9.10. The van der Waals surface area contributed by atoms with Crippen molar-refractivity contribution in [3.63, 3.8) is 0 Å². The second-order valence-corrected chi connectivity index (χ2v) is 4.42. The summed E-state index contributed by atoms with van der Waals surface area (Å²) in [5.41, 5.74) is 7.21. The SMILES string of the molecule is CCn1cc(COC(=O)c2ccc(Cl)c(N)c2)cn1. The fourth-order valence-electron chi connectivity index (χ4n) is 1.56. The minimum Gasteiger partial charge on any atom is -0.457 e. The first-order valence-electron chi connectivity index (χ1n) is 5.83. The minimum absolute atomic E-state index is 0.182. The van der Waals surface area contributed by atoms with Crippen molar-refractivity contribution in [2.24, 2.45) is 0 Å². The number of hydrogen-bond acceptors (Lipinski definition) is 4. The normalized spacial score (nSPS) is 10.4. The molecule has 100 valence electrons. The van der Waals surface area contributed by atoms with E-state index in [4.69, 9.17) is 22.1 Å². The first-order valence-corrected chi connectivity index (χ1v) is 6.21. The van der Waals surface area contributed by atoms with E-state index >= 15 is 0 Å². The van der Waals surface area contributed by atoms with Gasteiger partial charge in [0.1, 0.15) is 6.61 Å². The number of rotatable bonds is 4. The Morgan fingerprint density at radius 3 is 2.95 bits per heavy atom. The Bertz CT molecular complexity index is 595. The first kappa shape index (κ1) is 13.4. The molecule has 0 aliphatic rings. The van der Waals surface area contributed by atoms with Gasteiger partial charge in [0.25, 0.3) is 0 Å². The molecule has 0 atom stereocenters. The summed E-state index contributed by atoms with van der Waals surface area (Å²) in [6, 6.07) is 4.65. The number of hydrogen-bond donors (Lipinski definition) is 1. The zero-order chi connectivity index (χ0) is 13.8. The van der Waals surface area contributed by atoms with E-state index in [0.717, 1.165) is 12.1 Å². The number of nitrogens with two attached hydrogens (primary N) is 1. The van der Waals surface area contributed by atoms with Gasteiger partial charge in [-0.3, -0.25) is 4.68 Å².